The first-order chi connectivity index (χ1) is 4.81. The van der Waals surface area contributed by atoms with Crippen molar-refractivity contribution in [1.29, 1.82) is 0 Å². The van der Waals surface area contributed by atoms with E-state index < -0.39 is 19.6 Å². The summed E-state index contributed by atoms with van der Waals surface area (Å²) >= 11 is 0. The van der Waals surface area contributed by atoms with Gasteiger partial charge in [0.25, 0.3) is 0 Å². The van der Waals surface area contributed by atoms with Crippen molar-refractivity contribution in [2.45, 2.75) is 6.29 Å². The molecule has 0 amide bonds. The van der Waals surface area contributed by atoms with Gasteiger partial charge in [-0.3, -0.25) is 0 Å². The van der Waals surface area contributed by atoms with Gasteiger partial charge in [-0.25, -0.2) is 8.78 Å². The van der Waals surface area contributed by atoms with Crippen LogP contribution in [-0.2, 0) is 9.47 Å². The molecule has 0 saturated carbocycles. The maximum atomic E-state index is 11.4. The molecule has 0 spiro atoms. The normalized spacial score (nSPS) is 10.8. The molecule has 0 atom stereocenters. The third-order valence-corrected chi connectivity index (χ3v) is 0.762. The molecule has 2 nitrogen and oxygen atoms in total. The Kier molecular flexibility index (Phi) is 6.74. The van der Waals surface area contributed by atoms with Crippen molar-refractivity contribution in [3.63, 3.8) is 0 Å². The summed E-state index contributed by atoms with van der Waals surface area (Å²) in [6.07, 6.45) is -0.758. The van der Waals surface area contributed by atoms with Crippen LogP contribution in [0.4, 0.5) is 8.78 Å². The first-order valence-electron chi connectivity index (χ1n) is 2.99. The standard InChI is InChI=1S/C6H11F2O2/c1-6(9-4-2-7)10-5-3-8/h6H,1-5H2. The predicted molar refractivity (Wildman–Crippen MR) is 33.0 cm³/mol. The molecular formula is C6H11F2O2. The molecule has 61 valence electrons. The van der Waals surface area contributed by atoms with Gasteiger partial charge in [0.2, 0.25) is 0 Å². The smallest absolute Gasteiger partial charge is 0.158 e. The topological polar surface area (TPSA) is 18.5 Å². The van der Waals surface area contributed by atoms with E-state index in [1.165, 1.54) is 0 Å². The lowest BCUT2D eigenvalue weighted by Gasteiger charge is -2.10. The molecule has 10 heavy (non-hydrogen) atoms. The maximum absolute atomic E-state index is 11.4. The van der Waals surface area contributed by atoms with Gasteiger partial charge in [-0.1, -0.05) is 0 Å². The average molecular weight is 153 g/mol. The highest BCUT2D eigenvalue weighted by atomic mass is 19.1. The number of ether oxygens (including phenoxy) is 2. The monoisotopic (exact) mass is 153 g/mol. The summed E-state index contributed by atoms with van der Waals surface area (Å²) in [4.78, 5) is 0. The van der Waals surface area contributed by atoms with Gasteiger partial charge >= 0.3 is 0 Å². The predicted octanol–water partition coefficient (Wildman–Crippen LogP) is 1.12. The van der Waals surface area contributed by atoms with E-state index in [2.05, 4.69) is 16.4 Å². The summed E-state index contributed by atoms with van der Waals surface area (Å²) in [7, 11) is 0. The zero-order valence-corrected chi connectivity index (χ0v) is 5.69. The van der Waals surface area contributed by atoms with Crippen LogP contribution in [0.3, 0.4) is 0 Å². The van der Waals surface area contributed by atoms with Gasteiger partial charge in [-0.15, -0.1) is 0 Å². The summed E-state index contributed by atoms with van der Waals surface area (Å²) in [5, 5.41) is 0. The number of hydrogen-bond acceptors (Lipinski definition) is 2. The Bertz CT molecular complexity index is 62.8. The van der Waals surface area contributed by atoms with Crippen LogP contribution in [0, 0.1) is 6.92 Å². The van der Waals surface area contributed by atoms with Gasteiger partial charge in [0.05, 0.1) is 13.2 Å². The molecule has 0 aliphatic rings. The van der Waals surface area contributed by atoms with E-state index in [4.69, 9.17) is 0 Å². The van der Waals surface area contributed by atoms with E-state index >= 15 is 0 Å². The van der Waals surface area contributed by atoms with Gasteiger partial charge in [0.15, 0.2) is 6.29 Å². The number of halogens is 2. The molecule has 0 aromatic rings. The lowest BCUT2D eigenvalue weighted by molar-refractivity contribution is -0.117. The summed E-state index contributed by atoms with van der Waals surface area (Å²) in [6.45, 7) is 2.07. The third-order valence-electron chi connectivity index (χ3n) is 0.762. The van der Waals surface area contributed by atoms with Gasteiger partial charge in [-0.05, 0) is 0 Å². The van der Waals surface area contributed by atoms with E-state index in [0.29, 0.717) is 0 Å². The molecule has 0 unspecified atom stereocenters. The third kappa shape index (κ3) is 5.91. The summed E-state index contributed by atoms with van der Waals surface area (Å²) in [5.41, 5.74) is 0. The van der Waals surface area contributed by atoms with Crippen LogP contribution in [0.25, 0.3) is 0 Å². The zero-order valence-electron chi connectivity index (χ0n) is 5.69. The molecule has 0 aliphatic carbocycles. The van der Waals surface area contributed by atoms with E-state index in [1.807, 2.05) is 0 Å². The molecule has 0 aromatic carbocycles. The fourth-order valence-electron chi connectivity index (χ4n) is 0.400. The van der Waals surface area contributed by atoms with Crippen LogP contribution in [0.15, 0.2) is 0 Å². The highest BCUT2D eigenvalue weighted by Crippen LogP contribution is 1.92. The number of hydrogen-bond donors (Lipinski definition) is 0. The van der Waals surface area contributed by atoms with Crippen molar-refractivity contribution in [3.05, 3.63) is 6.92 Å². The van der Waals surface area contributed by atoms with Crippen molar-refractivity contribution in [3.8, 4) is 0 Å². The second-order valence-corrected chi connectivity index (χ2v) is 1.55. The fourth-order valence-corrected chi connectivity index (χ4v) is 0.400. The quantitative estimate of drug-likeness (QED) is 0.532. The summed E-state index contributed by atoms with van der Waals surface area (Å²) in [6, 6.07) is 0. The highest BCUT2D eigenvalue weighted by Gasteiger charge is 1.99. The lowest BCUT2D eigenvalue weighted by atomic mass is 10.7. The Labute approximate surface area is 59.1 Å². The minimum atomic E-state index is -0.758. The Morgan fingerprint density at radius 3 is 1.80 bits per heavy atom. The van der Waals surface area contributed by atoms with Gasteiger partial charge in [-0.2, -0.15) is 0 Å². The van der Waals surface area contributed by atoms with Gasteiger partial charge in [0.1, 0.15) is 13.3 Å². The number of alkyl halides is 2. The minimum Gasteiger partial charge on any atom is -0.350 e. The Morgan fingerprint density at radius 2 is 1.50 bits per heavy atom. The van der Waals surface area contributed by atoms with Crippen molar-refractivity contribution in [2.75, 3.05) is 26.6 Å². The van der Waals surface area contributed by atoms with Gasteiger partial charge in [0, 0.05) is 6.92 Å². The second-order valence-electron chi connectivity index (χ2n) is 1.55. The van der Waals surface area contributed by atoms with Crippen LogP contribution in [0.2, 0.25) is 0 Å². The molecule has 0 rings (SSSR count). The summed E-state index contributed by atoms with van der Waals surface area (Å²) < 4.78 is 32.0. The highest BCUT2D eigenvalue weighted by molar-refractivity contribution is 4.44. The van der Waals surface area contributed by atoms with Crippen LogP contribution >= 0.6 is 0 Å². The molecule has 0 heterocycles. The van der Waals surface area contributed by atoms with Crippen molar-refractivity contribution < 1.29 is 18.3 Å². The molecule has 0 aromatic heterocycles. The molecular weight excluding hydrogens is 142 g/mol. The minimum absolute atomic E-state index is 0.0551. The molecule has 0 bridgehead atoms. The van der Waals surface area contributed by atoms with Crippen LogP contribution in [0.1, 0.15) is 0 Å². The van der Waals surface area contributed by atoms with Crippen LogP contribution in [-0.4, -0.2) is 32.9 Å². The SMILES string of the molecule is [CH2]C(OCCF)OCCF. The Morgan fingerprint density at radius 1 is 1.10 bits per heavy atom. The van der Waals surface area contributed by atoms with Crippen LogP contribution < -0.4 is 0 Å². The Hall–Kier alpha value is -0.220. The fraction of sp³-hybridized carbons (Fsp3) is 0.833. The van der Waals surface area contributed by atoms with Crippen molar-refractivity contribution >= 4 is 0 Å². The molecule has 0 N–H and O–H groups in total. The van der Waals surface area contributed by atoms with Crippen molar-refractivity contribution in [2.24, 2.45) is 0 Å². The van der Waals surface area contributed by atoms with Gasteiger partial charge < -0.3 is 9.47 Å². The van der Waals surface area contributed by atoms with Crippen molar-refractivity contribution in [1.82, 2.24) is 0 Å². The van der Waals surface area contributed by atoms with E-state index in [0.717, 1.165) is 0 Å². The first kappa shape index (κ1) is 9.78. The van der Waals surface area contributed by atoms with E-state index in [-0.39, 0.29) is 13.2 Å². The van der Waals surface area contributed by atoms with E-state index in [1.54, 1.807) is 0 Å². The molecule has 0 saturated heterocycles. The largest absolute Gasteiger partial charge is 0.350 e. The lowest BCUT2D eigenvalue weighted by Crippen LogP contribution is -2.16. The molecule has 4 heteroatoms. The van der Waals surface area contributed by atoms with Crippen LogP contribution in [0.5, 0.6) is 0 Å². The molecule has 0 fully saturated rings. The zero-order chi connectivity index (χ0) is 7.82. The molecule has 1 radical (unpaired) electrons. The molecule has 0 aliphatic heterocycles. The maximum Gasteiger partial charge on any atom is 0.158 e. The second kappa shape index (κ2) is 6.89. The Balaban J connectivity index is 3.00. The summed E-state index contributed by atoms with van der Waals surface area (Å²) in [5.74, 6) is 0. The first-order valence-corrected chi connectivity index (χ1v) is 2.99. The average Bonchev–Trinajstić information content (AvgIpc) is 1.97. The van der Waals surface area contributed by atoms with E-state index in [9.17, 15) is 8.78 Å². The number of rotatable bonds is 6.